The average Bonchev–Trinajstić information content (AvgIpc) is 3.25. The molecular weight excluding hydrogens is 498 g/mol. The van der Waals surface area contributed by atoms with Gasteiger partial charge in [0.05, 0.1) is 5.02 Å². The van der Waals surface area contributed by atoms with Gasteiger partial charge in [-0.2, -0.15) is 0 Å². The zero-order valence-electron chi connectivity index (χ0n) is 17.2. The maximum absolute atomic E-state index is 6.38. The van der Waals surface area contributed by atoms with Crippen LogP contribution in [0.15, 0.2) is 99.9 Å². The van der Waals surface area contributed by atoms with Gasteiger partial charge in [0.25, 0.3) is 0 Å². The van der Waals surface area contributed by atoms with Crippen LogP contribution in [-0.4, -0.2) is 15.0 Å². The summed E-state index contributed by atoms with van der Waals surface area (Å²) in [4.78, 5) is 14.6. The van der Waals surface area contributed by atoms with E-state index in [2.05, 4.69) is 22.0 Å². The number of aromatic nitrogens is 3. The Morgan fingerprint density at radius 3 is 2.09 bits per heavy atom. The van der Waals surface area contributed by atoms with Crippen LogP contribution in [0.5, 0.6) is 0 Å². The molecule has 0 atom stereocenters. The molecule has 0 fully saturated rings. The molecule has 0 radical (unpaired) electrons. The fraction of sp³-hybridized carbons (Fsp3) is 0. The van der Waals surface area contributed by atoms with Gasteiger partial charge < -0.3 is 4.42 Å². The van der Waals surface area contributed by atoms with Crippen LogP contribution in [0, 0.1) is 0 Å². The largest absolute Gasteiger partial charge is 0.456 e. The highest BCUT2D eigenvalue weighted by Crippen LogP contribution is 2.37. The van der Waals surface area contributed by atoms with Crippen LogP contribution in [0.25, 0.3) is 56.1 Å². The van der Waals surface area contributed by atoms with Crippen LogP contribution in [0.2, 0.25) is 5.02 Å². The van der Waals surface area contributed by atoms with E-state index in [1.54, 1.807) is 0 Å². The van der Waals surface area contributed by atoms with Crippen molar-refractivity contribution in [2.45, 2.75) is 0 Å². The minimum atomic E-state index is 0.540. The molecule has 2 heterocycles. The van der Waals surface area contributed by atoms with Crippen molar-refractivity contribution in [1.82, 2.24) is 15.0 Å². The van der Waals surface area contributed by atoms with Crippen LogP contribution >= 0.6 is 27.5 Å². The first-order chi connectivity index (χ1) is 16.2. The Labute approximate surface area is 203 Å². The van der Waals surface area contributed by atoms with Crippen LogP contribution < -0.4 is 0 Å². The smallest absolute Gasteiger partial charge is 0.165 e. The lowest BCUT2D eigenvalue weighted by Gasteiger charge is -2.10. The fourth-order valence-electron chi connectivity index (χ4n) is 3.97. The minimum absolute atomic E-state index is 0.540. The lowest BCUT2D eigenvalue weighted by atomic mass is 10.1. The van der Waals surface area contributed by atoms with Gasteiger partial charge in [-0.3, -0.25) is 0 Å². The van der Waals surface area contributed by atoms with Gasteiger partial charge in [-0.25, -0.2) is 15.0 Å². The third kappa shape index (κ3) is 3.50. The second-order valence-corrected chi connectivity index (χ2v) is 8.75. The highest BCUT2D eigenvalue weighted by molar-refractivity contribution is 9.10. The molecule has 0 aliphatic carbocycles. The topological polar surface area (TPSA) is 51.8 Å². The monoisotopic (exact) mass is 511 g/mol. The summed E-state index contributed by atoms with van der Waals surface area (Å²) < 4.78 is 6.83. The molecule has 4 nitrogen and oxygen atoms in total. The van der Waals surface area contributed by atoms with E-state index in [9.17, 15) is 0 Å². The first kappa shape index (κ1) is 20.1. The van der Waals surface area contributed by atoms with Crippen molar-refractivity contribution in [3.05, 3.63) is 100 Å². The normalized spacial score (nSPS) is 11.3. The van der Waals surface area contributed by atoms with Crippen LogP contribution in [0.4, 0.5) is 0 Å². The number of furan rings is 1. The molecule has 0 unspecified atom stereocenters. The van der Waals surface area contributed by atoms with Gasteiger partial charge in [0.1, 0.15) is 11.2 Å². The Hall–Kier alpha value is -3.54. The Balaban J connectivity index is 1.67. The second-order valence-electron chi connectivity index (χ2n) is 7.55. The lowest BCUT2D eigenvalue weighted by Crippen LogP contribution is -2.00. The molecule has 6 rings (SSSR count). The number of hydrogen-bond donors (Lipinski definition) is 0. The number of benzene rings is 4. The molecule has 33 heavy (non-hydrogen) atoms. The molecule has 6 aromatic rings. The summed E-state index contributed by atoms with van der Waals surface area (Å²) in [5.41, 5.74) is 4.21. The predicted molar refractivity (Wildman–Crippen MR) is 136 cm³/mol. The van der Waals surface area contributed by atoms with Gasteiger partial charge in [0, 0.05) is 31.9 Å². The third-order valence-corrected chi connectivity index (χ3v) is 6.90. The molecule has 6 heteroatoms. The van der Waals surface area contributed by atoms with Crippen LogP contribution in [0.3, 0.4) is 0 Å². The summed E-state index contributed by atoms with van der Waals surface area (Å²) >= 11 is 9.97. The number of rotatable bonds is 3. The predicted octanol–water partition coefficient (Wildman–Crippen LogP) is 8.19. The highest BCUT2D eigenvalue weighted by atomic mass is 79.9. The minimum Gasteiger partial charge on any atom is -0.456 e. The molecule has 158 valence electrons. The molecule has 0 amide bonds. The molecule has 0 saturated heterocycles. The van der Waals surface area contributed by atoms with E-state index in [0.717, 1.165) is 43.1 Å². The standard InChI is InChI=1S/C27H15BrClN3O/c28-24-19(12-6-13-20(24)29)27-31-25(16-8-2-1-3-9-16)30-26(32-27)18-11-7-15-22-23(18)17-10-4-5-14-21(17)33-22/h1-15H. The molecule has 0 spiro atoms. The number of hydrogen-bond acceptors (Lipinski definition) is 4. The number of halogens is 2. The van der Waals surface area contributed by atoms with Gasteiger partial charge in [0.2, 0.25) is 0 Å². The van der Waals surface area contributed by atoms with Gasteiger partial charge in [-0.05, 0) is 40.2 Å². The van der Waals surface area contributed by atoms with Gasteiger partial charge in [0.15, 0.2) is 17.5 Å². The summed E-state index contributed by atoms with van der Waals surface area (Å²) in [6.07, 6.45) is 0. The maximum Gasteiger partial charge on any atom is 0.165 e. The number of nitrogens with zero attached hydrogens (tertiary/aromatic N) is 3. The third-order valence-electron chi connectivity index (χ3n) is 5.50. The molecule has 0 N–H and O–H groups in total. The fourth-order valence-corrected chi connectivity index (χ4v) is 4.59. The van der Waals surface area contributed by atoms with Crippen molar-refractivity contribution >= 4 is 49.5 Å². The Morgan fingerprint density at radius 1 is 0.606 bits per heavy atom. The van der Waals surface area contributed by atoms with Crippen LogP contribution in [0.1, 0.15) is 0 Å². The van der Waals surface area contributed by atoms with Crippen molar-refractivity contribution in [2.75, 3.05) is 0 Å². The van der Waals surface area contributed by atoms with E-state index in [1.165, 1.54) is 0 Å². The van der Waals surface area contributed by atoms with Gasteiger partial charge in [-0.15, -0.1) is 0 Å². The van der Waals surface area contributed by atoms with E-state index in [0.29, 0.717) is 22.5 Å². The zero-order valence-corrected chi connectivity index (χ0v) is 19.5. The summed E-state index contributed by atoms with van der Waals surface area (Å²) in [7, 11) is 0. The quantitative estimate of drug-likeness (QED) is 0.240. The number of para-hydroxylation sites is 1. The van der Waals surface area contributed by atoms with E-state index in [1.807, 2.05) is 84.9 Å². The highest BCUT2D eigenvalue weighted by Gasteiger charge is 2.18. The van der Waals surface area contributed by atoms with E-state index in [4.69, 9.17) is 31.0 Å². The lowest BCUT2D eigenvalue weighted by molar-refractivity contribution is 0.669. The first-order valence-electron chi connectivity index (χ1n) is 10.4. The first-order valence-corrected chi connectivity index (χ1v) is 11.5. The second kappa shape index (κ2) is 8.10. The molecule has 0 aliphatic heterocycles. The van der Waals surface area contributed by atoms with Crippen molar-refractivity contribution in [2.24, 2.45) is 0 Å². The number of fused-ring (bicyclic) bond motifs is 3. The molecule has 4 aromatic carbocycles. The average molecular weight is 513 g/mol. The Kier molecular flexibility index (Phi) is 4.93. The van der Waals surface area contributed by atoms with Crippen molar-refractivity contribution in [3.63, 3.8) is 0 Å². The van der Waals surface area contributed by atoms with E-state index < -0.39 is 0 Å². The van der Waals surface area contributed by atoms with Gasteiger partial charge >= 0.3 is 0 Å². The summed E-state index contributed by atoms with van der Waals surface area (Å²) in [6.45, 7) is 0. The Bertz CT molecular complexity index is 1650. The molecule has 2 aromatic heterocycles. The van der Waals surface area contributed by atoms with Gasteiger partial charge in [-0.1, -0.05) is 78.3 Å². The van der Waals surface area contributed by atoms with Crippen LogP contribution in [-0.2, 0) is 0 Å². The SMILES string of the molecule is Clc1cccc(-c2nc(-c3ccccc3)nc(-c3cccc4oc5ccccc5c34)n2)c1Br. The van der Waals surface area contributed by atoms with Crippen molar-refractivity contribution in [1.29, 1.82) is 0 Å². The zero-order chi connectivity index (χ0) is 22.4. The maximum atomic E-state index is 6.38. The summed E-state index contributed by atoms with van der Waals surface area (Å²) in [6, 6.07) is 29.5. The van der Waals surface area contributed by atoms with Crippen molar-refractivity contribution < 1.29 is 4.42 Å². The molecular formula is C27H15BrClN3O. The molecule has 0 aliphatic rings. The molecule has 0 saturated carbocycles. The summed E-state index contributed by atoms with van der Waals surface area (Å²) in [5, 5.41) is 2.60. The molecule has 0 bridgehead atoms. The Morgan fingerprint density at radius 2 is 1.24 bits per heavy atom. The van der Waals surface area contributed by atoms with E-state index >= 15 is 0 Å². The summed E-state index contributed by atoms with van der Waals surface area (Å²) in [5.74, 6) is 1.70. The van der Waals surface area contributed by atoms with E-state index in [-0.39, 0.29) is 0 Å². The van der Waals surface area contributed by atoms with Crippen molar-refractivity contribution in [3.8, 4) is 34.2 Å².